The number of rotatable bonds is 6. The first-order chi connectivity index (χ1) is 15.3. The summed E-state index contributed by atoms with van der Waals surface area (Å²) >= 11 is 13.4. The van der Waals surface area contributed by atoms with Gasteiger partial charge in [0.05, 0.1) is 21.8 Å². The highest BCUT2D eigenvalue weighted by molar-refractivity contribution is 7.89. The van der Waals surface area contributed by atoms with Crippen LogP contribution in [0, 0.1) is 5.92 Å². The van der Waals surface area contributed by atoms with Gasteiger partial charge in [0.15, 0.2) is 0 Å². The quantitative estimate of drug-likeness (QED) is 0.328. The Bertz CT molecular complexity index is 1240. The summed E-state index contributed by atoms with van der Waals surface area (Å²) in [6, 6.07) is 12.1. The fraction of sp³-hybridized carbons (Fsp3) is 0.273. The number of anilines is 1. The summed E-state index contributed by atoms with van der Waals surface area (Å²) in [5.41, 5.74) is 5.04. The predicted molar refractivity (Wildman–Crippen MR) is 132 cm³/mol. The van der Waals surface area contributed by atoms with Gasteiger partial charge in [-0.2, -0.15) is 9.41 Å². The van der Waals surface area contributed by atoms with Gasteiger partial charge in [-0.1, -0.05) is 48.3 Å². The molecule has 6 nitrogen and oxygen atoms in total. The van der Waals surface area contributed by atoms with Crippen molar-refractivity contribution in [1.29, 1.82) is 0 Å². The van der Waals surface area contributed by atoms with Crippen molar-refractivity contribution in [1.82, 2.24) is 9.29 Å². The maximum Gasteiger partial charge on any atom is 0.243 e. The van der Waals surface area contributed by atoms with Crippen LogP contribution in [-0.4, -0.2) is 37.0 Å². The largest absolute Gasteiger partial charge is 0.253 e. The first-order valence-electron chi connectivity index (χ1n) is 10.1. The molecule has 1 aliphatic heterocycles. The lowest BCUT2D eigenvalue weighted by molar-refractivity contribution is 0.281. The Morgan fingerprint density at radius 1 is 1.25 bits per heavy atom. The second-order valence-corrected chi connectivity index (χ2v) is 11.4. The Hall–Kier alpha value is -1.97. The molecule has 1 aliphatic rings. The molecule has 1 saturated heterocycles. The molecule has 0 aliphatic carbocycles. The molecular weight excluding hydrogens is 487 g/mol. The highest BCUT2D eigenvalue weighted by Crippen LogP contribution is 2.29. The minimum atomic E-state index is -3.52. The smallest absolute Gasteiger partial charge is 0.243 e. The molecule has 1 N–H and O–H groups in total. The number of hydrogen-bond acceptors (Lipinski definition) is 6. The number of halogens is 2. The molecule has 4 rings (SSSR count). The van der Waals surface area contributed by atoms with E-state index < -0.39 is 10.0 Å². The summed E-state index contributed by atoms with van der Waals surface area (Å²) in [5.74, 6) is 0.372. The zero-order chi connectivity index (χ0) is 22.7. The molecule has 32 heavy (non-hydrogen) atoms. The zero-order valence-electron chi connectivity index (χ0n) is 17.3. The van der Waals surface area contributed by atoms with Crippen LogP contribution in [-0.2, 0) is 10.0 Å². The van der Waals surface area contributed by atoms with Gasteiger partial charge in [0.1, 0.15) is 0 Å². The van der Waals surface area contributed by atoms with Crippen molar-refractivity contribution >= 4 is 55.9 Å². The first kappa shape index (κ1) is 23.2. The summed E-state index contributed by atoms with van der Waals surface area (Å²) in [4.78, 5) is 4.82. The van der Waals surface area contributed by atoms with Crippen LogP contribution in [0.2, 0.25) is 10.0 Å². The lowest BCUT2D eigenvalue weighted by Gasteiger charge is -2.30. The van der Waals surface area contributed by atoms with E-state index in [1.54, 1.807) is 46.9 Å². The molecule has 1 fully saturated rings. The van der Waals surface area contributed by atoms with E-state index >= 15 is 0 Å². The van der Waals surface area contributed by atoms with Gasteiger partial charge in [-0.15, -0.1) is 11.3 Å². The Labute approximate surface area is 201 Å². The van der Waals surface area contributed by atoms with Crippen LogP contribution in [0.4, 0.5) is 5.13 Å². The van der Waals surface area contributed by atoms with Gasteiger partial charge in [-0.3, -0.25) is 5.43 Å². The number of nitrogens with zero attached hydrogens (tertiary/aromatic N) is 3. The standard InChI is InChI=1S/C22H22Cl2N4O2S2/c1-15-4-3-9-28(13-15)32(29,30)19-6-2-5-16(10-19)21-14-31-22(26-21)27-25-12-17-7-8-18(23)11-20(17)24/h2,5-8,10-12,14-15H,3-4,9,13H2,1H3,(H,26,27)/b25-12+. The molecule has 3 aromatic rings. The van der Waals surface area contributed by atoms with Gasteiger partial charge in [0.2, 0.25) is 15.2 Å². The van der Waals surface area contributed by atoms with Gasteiger partial charge >= 0.3 is 0 Å². The fourth-order valence-corrected chi connectivity index (χ4v) is 6.32. The van der Waals surface area contributed by atoms with E-state index in [0.717, 1.165) is 24.0 Å². The lowest BCUT2D eigenvalue weighted by atomic mass is 10.0. The highest BCUT2D eigenvalue weighted by Gasteiger charge is 2.28. The normalized spacial score (nSPS) is 17.7. The Balaban J connectivity index is 1.49. The number of hydrogen-bond donors (Lipinski definition) is 1. The average Bonchev–Trinajstić information content (AvgIpc) is 3.24. The van der Waals surface area contributed by atoms with E-state index in [0.29, 0.717) is 44.8 Å². The molecule has 2 aromatic carbocycles. The van der Waals surface area contributed by atoms with E-state index in [1.807, 2.05) is 11.4 Å². The Kier molecular flexibility index (Phi) is 7.17. The van der Waals surface area contributed by atoms with Crippen molar-refractivity contribution in [2.75, 3.05) is 18.5 Å². The Morgan fingerprint density at radius 2 is 2.09 bits per heavy atom. The van der Waals surface area contributed by atoms with Crippen molar-refractivity contribution in [2.45, 2.75) is 24.7 Å². The van der Waals surface area contributed by atoms with Crippen LogP contribution >= 0.6 is 34.5 Å². The van der Waals surface area contributed by atoms with Crippen LogP contribution < -0.4 is 5.43 Å². The van der Waals surface area contributed by atoms with Crippen LogP contribution in [0.3, 0.4) is 0 Å². The molecular formula is C22H22Cl2N4O2S2. The first-order valence-corrected chi connectivity index (χ1v) is 13.2. The maximum absolute atomic E-state index is 13.1. The number of aromatic nitrogens is 1. The molecule has 10 heteroatoms. The second-order valence-electron chi connectivity index (χ2n) is 7.71. The van der Waals surface area contributed by atoms with Crippen LogP contribution in [0.5, 0.6) is 0 Å². The van der Waals surface area contributed by atoms with Gasteiger partial charge in [0.25, 0.3) is 0 Å². The summed E-state index contributed by atoms with van der Waals surface area (Å²) < 4.78 is 27.8. The summed E-state index contributed by atoms with van der Waals surface area (Å²) in [7, 11) is -3.52. The number of thiazole rings is 1. The van der Waals surface area contributed by atoms with Gasteiger partial charge in [-0.05, 0) is 43.0 Å². The minimum Gasteiger partial charge on any atom is -0.253 e. The molecule has 1 atom stereocenters. The predicted octanol–water partition coefficient (Wildman–Crippen LogP) is 5.98. The van der Waals surface area contributed by atoms with Crippen molar-refractivity contribution in [3.63, 3.8) is 0 Å². The summed E-state index contributed by atoms with van der Waals surface area (Å²) in [6.07, 6.45) is 3.54. The Morgan fingerprint density at radius 3 is 2.88 bits per heavy atom. The van der Waals surface area contributed by atoms with Crippen LogP contribution in [0.15, 0.2) is 57.8 Å². The summed E-state index contributed by atoms with van der Waals surface area (Å²) in [5, 5.41) is 7.69. The van der Waals surface area contributed by atoms with Crippen LogP contribution in [0.1, 0.15) is 25.3 Å². The van der Waals surface area contributed by atoms with E-state index in [-0.39, 0.29) is 0 Å². The topological polar surface area (TPSA) is 74.7 Å². The maximum atomic E-state index is 13.1. The van der Waals surface area contributed by atoms with Crippen molar-refractivity contribution in [3.8, 4) is 11.3 Å². The van der Waals surface area contributed by atoms with E-state index in [4.69, 9.17) is 23.2 Å². The molecule has 1 aromatic heterocycles. The monoisotopic (exact) mass is 508 g/mol. The number of piperidine rings is 1. The number of hydrazone groups is 1. The molecule has 0 bridgehead atoms. The highest BCUT2D eigenvalue weighted by atomic mass is 35.5. The molecule has 168 valence electrons. The van der Waals surface area contributed by atoms with Crippen molar-refractivity contribution < 1.29 is 8.42 Å². The summed E-state index contributed by atoms with van der Waals surface area (Å²) in [6.45, 7) is 3.22. The van der Waals surface area contributed by atoms with Gasteiger partial charge < -0.3 is 0 Å². The van der Waals surface area contributed by atoms with E-state index in [2.05, 4.69) is 22.4 Å². The third kappa shape index (κ3) is 5.32. The van der Waals surface area contributed by atoms with Crippen LogP contribution in [0.25, 0.3) is 11.3 Å². The SMILES string of the molecule is CC1CCCN(S(=O)(=O)c2cccc(-c3csc(N/N=C/c4ccc(Cl)cc4Cl)n3)c2)C1. The number of nitrogens with one attached hydrogen (secondary N) is 1. The van der Waals surface area contributed by atoms with Gasteiger partial charge in [0, 0.05) is 34.6 Å². The molecule has 0 radical (unpaired) electrons. The number of sulfonamides is 1. The fourth-order valence-electron chi connectivity index (χ4n) is 3.55. The van der Waals surface area contributed by atoms with Crippen molar-refractivity contribution in [2.24, 2.45) is 11.0 Å². The molecule has 1 unspecified atom stereocenters. The average molecular weight is 509 g/mol. The minimum absolute atomic E-state index is 0.294. The number of benzene rings is 2. The molecule has 0 spiro atoms. The van der Waals surface area contributed by atoms with Crippen molar-refractivity contribution in [3.05, 3.63) is 63.5 Å². The molecule has 0 amide bonds. The zero-order valence-corrected chi connectivity index (χ0v) is 20.5. The van der Waals surface area contributed by atoms with E-state index in [1.165, 1.54) is 11.3 Å². The lowest BCUT2D eigenvalue weighted by Crippen LogP contribution is -2.39. The van der Waals surface area contributed by atoms with E-state index in [9.17, 15) is 8.42 Å². The molecule has 2 heterocycles. The second kappa shape index (κ2) is 9.89. The third-order valence-corrected chi connectivity index (χ3v) is 8.39. The van der Waals surface area contributed by atoms with Gasteiger partial charge in [-0.25, -0.2) is 13.4 Å². The molecule has 0 saturated carbocycles. The third-order valence-electron chi connectivity index (χ3n) is 5.22.